The maximum atomic E-state index is 11.4. The van der Waals surface area contributed by atoms with Crippen molar-refractivity contribution in [3.8, 4) is 0 Å². The van der Waals surface area contributed by atoms with Gasteiger partial charge in [-0.2, -0.15) is 0 Å². The van der Waals surface area contributed by atoms with Crippen molar-refractivity contribution in [1.29, 1.82) is 0 Å². The average molecular weight is 367 g/mol. The van der Waals surface area contributed by atoms with Gasteiger partial charge in [0.25, 0.3) is 0 Å². The lowest BCUT2D eigenvalue weighted by atomic mass is 9.96. The molecule has 11 heteroatoms. The molecule has 11 nitrogen and oxygen atoms in total. The fourth-order valence-corrected chi connectivity index (χ4v) is 2.93. The van der Waals surface area contributed by atoms with Crippen LogP contribution in [0.5, 0.6) is 0 Å². The van der Waals surface area contributed by atoms with Gasteiger partial charge in [0.1, 0.15) is 48.8 Å². The number of aliphatic hydroxyl groups excluding tert-OH is 6. The molecule has 2 heterocycles. The SMILES string of the molecule is CC(=O)N[C@H]1[C@@H](O[C@H]2[C@@H](O)[C@@H](CO)OC[C@@H]2O)O[C@H](CO)[C@H](O)[C@@H]1O. The zero-order valence-electron chi connectivity index (χ0n) is 13.6. The molecule has 0 spiro atoms. The first-order chi connectivity index (χ1) is 11.8. The summed E-state index contributed by atoms with van der Waals surface area (Å²) in [6.07, 6.45) is -10.4. The maximum Gasteiger partial charge on any atom is 0.217 e. The minimum absolute atomic E-state index is 0.209. The number of nitrogens with one attached hydrogen (secondary N) is 1. The molecule has 25 heavy (non-hydrogen) atoms. The van der Waals surface area contributed by atoms with Crippen LogP contribution in [0.2, 0.25) is 0 Å². The van der Waals surface area contributed by atoms with Gasteiger partial charge in [-0.15, -0.1) is 0 Å². The van der Waals surface area contributed by atoms with E-state index in [9.17, 15) is 35.4 Å². The van der Waals surface area contributed by atoms with Crippen molar-refractivity contribution >= 4 is 5.91 Å². The highest BCUT2D eigenvalue weighted by Crippen LogP contribution is 2.27. The van der Waals surface area contributed by atoms with Crippen LogP contribution in [0.1, 0.15) is 6.92 Å². The molecule has 0 aromatic carbocycles. The Hall–Kier alpha value is -0.890. The van der Waals surface area contributed by atoms with Crippen molar-refractivity contribution in [3.05, 3.63) is 0 Å². The Labute approximate surface area is 143 Å². The van der Waals surface area contributed by atoms with E-state index in [1.807, 2.05) is 0 Å². The number of rotatable bonds is 5. The van der Waals surface area contributed by atoms with E-state index in [1.54, 1.807) is 0 Å². The van der Waals surface area contributed by atoms with Crippen molar-refractivity contribution in [2.75, 3.05) is 19.8 Å². The molecule has 0 aromatic heterocycles. The van der Waals surface area contributed by atoms with Gasteiger partial charge in [-0.25, -0.2) is 0 Å². The summed E-state index contributed by atoms with van der Waals surface area (Å²) >= 11 is 0. The maximum absolute atomic E-state index is 11.4. The van der Waals surface area contributed by atoms with Crippen LogP contribution in [0.3, 0.4) is 0 Å². The van der Waals surface area contributed by atoms with E-state index in [0.29, 0.717) is 0 Å². The zero-order chi connectivity index (χ0) is 18.7. The van der Waals surface area contributed by atoms with E-state index in [4.69, 9.17) is 14.2 Å². The van der Waals surface area contributed by atoms with Crippen LogP contribution in [0.25, 0.3) is 0 Å². The molecule has 0 bridgehead atoms. The number of hydrogen-bond acceptors (Lipinski definition) is 10. The average Bonchev–Trinajstić information content (AvgIpc) is 2.57. The Morgan fingerprint density at radius 2 is 1.72 bits per heavy atom. The molecule has 2 saturated heterocycles. The van der Waals surface area contributed by atoms with Crippen molar-refractivity contribution < 1.29 is 49.6 Å². The van der Waals surface area contributed by atoms with Gasteiger partial charge >= 0.3 is 0 Å². The van der Waals surface area contributed by atoms with Gasteiger partial charge in [-0.3, -0.25) is 4.79 Å². The van der Waals surface area contributed by atoms with Gasteiger partial charge in [-0.1, -0.05) is 0 Å². The smallest absolute Gasteiger partial charge is 0.217 e. The van der Waals surface area contributed by atoms with Gasteiger partial charge in [0.05, 0.1) is 19.8 Å². The number of carbonyl (C=O) groups is 1. The van der Waals surface area contributed by atoms with E-state index in [1.165, 1.54) is 6.92 Å². The third-order valence-corrected chi connectivity index (χ3v) is 4.30. The first kappa shape index (κ1) is 20.4. The van der Waals surface area contributed by atoms with Crippen LogP contribution in [0, 0.1) is 0 Å². The molecule has 0 aliphatic carbocycles. The summed E-state index contributed by atoms with van der Waals surface area (Å²) in [6.45, 7) is -0.147. The molecule has 146 valence electrons. The molecular weight excluding hydrogens is 342 g/mol. The molecule has 0 saturated carbocycles. The highest BCUT2D eigenvalue weighted by molar-refractivity contribution is 5.73. The summed E-state index contributed by atoms with van der Waals surface area (Å²) in [5, 5.41) is 61.1. The molecule has 0 radical (unpaired) electrons. The third-order valence-electron chi connectivity index (χ3n) is 4.30. The molecule has 2 rings (SSSR count). The van der Waals surface area contributed by atoms with Crippen LogP contribution >= 0.6 is 0 Å². The number of ether oxygens (including phenoxy) is 3. The Morgan fingerprint density at radius 3 is 2.28 bits per heavy atom. The second kappa shape index (κ2) is 8.66. The van der Waals surface area contributed by atoms with Crippen molar-refractivity contribution in [3.63, 3.8) is 0 Å². The Bertz CT molecular complexity index is 451. The highest BCUT2D eigenvalue weighted by atomic mass is 16.7. The topological polar surface area (TPSA) is 178 Å². The lowest BCUT2D eigenvalue weighted by molar-refractivity contribution is -0.314. The lowest BCUT2D eigenvalue weighted by Crippen LogP contribution is -2.66. The van der Waals surface area contributed by atoms with E-state index in [-0.39, 0.29) is 6.61 Å². The van der Waals surface area contributed by atoms with Gasteiger partial charge in [0, 0.05) is 6.92 Å². The number of amides is 1. The molecule has 2 aliphatic heterocycles. The van der Waals surface area contributed by atoms with Crippen molar-refractivity contribution in [1.82, 2.24) is 5.32 Å². The van der Waals surface area contributed by atoms with E-state index in [2.05, 4.69) is 5.32 Å². The molecule has 0 aromatic rings. The molecular formula is C14H25NO10. The van der Waals surface area contributed by atoms with Gasteiger partial charge in [0.2, 0.25) is 5.91 Å². The lowest BCUT2D eigenvalue weighted by Gasteiger charge is -2.45. The second-order valence-corrected chi connectivity index (χ2v) is 6.15. The summed E-state index contributed by atoms with van der Waals surface area (Å²) in [5.74, 6) is -0.530. The van der Waals surface area contributed by atoms with Gasteiger partial charge in [-0.05, 0) is 0 Å². The standard InChI is InChI=1S/C14H25NO10/c1-5(18)15-9-12(22)10(20)8(3-17)24-14(9)25-13-6(19)4-23-7(2-16)11(13)21/h6-14,16-17,19-22H,2-4H2,1H3,(H,15,18)/t6-,7+,8+,9+,10-,11-,12+,13+,14+/m0/s1. The van der Waals surface area contributed by atoms with E-state index in [0.717, 1.165) is 0 Å². The number of hydrogen-bond donors (Lipinski definition) is 7. The normalized spacial score (nSPS) is 45.2. The van der Waals surface area contributed by atoms with Crippen molar-refractivity contribution in [2.24, 2.45) is 0 Å². The summed E-state index contributed by atoms with van der Waals surface area (Å²) in [5.41, 5.74) is 0. The Balaban J connectivity index is 2.18. The Kier molecular flexibility index (Phi) is 7.08. The summed E-state index contributed by atoms with van der Waals surface area (Å²) < 4.78 is 16.0. The van der Waals surface area contributed by atoms with E-state index < -0.39 is 74.2 Å². The largest absolute Gasteiger partial charge is 0.394 e. The molecule has 9 atom stereocenters. The molecule has 2 aliphatic rings. The minimum atomic E-state index is -1.51. The van der Waals surface area contributed by atoms with Crippen molar-refractivity contribution in [2.45, 2.75) is 62.0 Å². The molecule has 1 amide bonds. The van der Waals surface area contributed by atoms with Crippen LogP contribution in [0.4, 0.5) is 0 Å². The first-order valence-electron chi connectivity index (χ1n) is 7.93. The Morgan fingerprint density at radius 1 is 1.08 bits per heavy atom. The minimum Gasteiger partial charge on any atom is -0.394 e. The predicted molar refractivity (Wildman–Crippen MR) is 79.1 cm³/mol. The fraction of sp³-hybridized carbons (Fsp3) is 0.929. The molecule has 2 fully saturated rings. The fourth-order valence-electron chi connectivity index (χ4n) is 2.93. The third kappa shape index (κ3) is 4.45. The number of aliphatic hydroxyl groups is 6. The summed E-state index contributed by atoms with van der Waals surface area (Å²) in [7, 11) is 0. The van der Waals surface area contributed by atoms with Crippen LogP contribution in [-0.4, -0.2) is 111 Å². The second-order valence-electron chi connectivity index (χ2n) is 6.15. The number of carbonyl (C=O) groups excluding carboxylic acids is 1. The summed E-state index contributed by atoms with van der Waals surface area (Å²) in [6, 6.07) is -1.20. The van der Waals surface area contributed by atoms with Gasteiger partial charge in [0.15, 0.2) is 6.29 Å². The molecule has 7 N–H and O–H groups in total. The monoisotopic (exact) mass is 367 g/mol. The highest BCUT2D eigenvalue weighted by Gasteiger charge is 2.49. The summed E-state index contributed by atoms with van der Waals surface area (Å²) in [4.78, 5) is 11.4. The van der Waals surface area contributed by atoms with Crippen LogP contribution in [-0.2, 0) is 19.0 Å². The quantitative estimate of drug-likeness (QED) is 0.250. The van der Waals surface area contributed by atoms with Crippen LogP contribution in [0.15, 0.2) is 0 Å². The molecule has 0 unspecified atom stereocenters. The van der Waals surface area contributed by atoms with Gasteiger partial charge < -0.3 is 50.2 Å². The van der Waals surface area contributed by atoms with Crippen LogP contribution < -0.4 is 5.32 Å². The first-order valence-corrected chi connectivity index (χ1v) is 7.93. The van der Waals surface area contributed by atoms with E-state index >= 15 is 0 Å². The zero-order valence-corrected chi connectivity index (χ0v) is 13.6. The predicted octanol–water partition coefficient (Wildman–Crippen LogP) is -4.57.